The van der Waals surface area contributed by atoms with E-state index in [0.717, 1.165) is 39.2 Å². The number of aliphatic hydroxyl groups is 2. The molecule has 0 aliphatic heterocycles. The molecule has 0 amide bonds. The maximum Gasteiger partial charge on any atom is 0.259 e. The van der Waals surface area contributed by atoms with Crippen LogP contribution in [0.1, 0.15) is 66.2 Å². The fourth-order valence-corrected chi connectivity index (χ4v) is 5.21. The van der Waals surface area contributed by atoms with E-state index in [2.05, 4.69) is 36.9 Å². The number of benzene rings is 2. The van der Waals surface area contributed by atoms with Gasteiger partial charge in [0.05, 0.1) is 0 Å². The number of halogens is 1. The van der Waals surface area contributed by atoms with Crippen LogP contribution in [-0.2, 0) is 0 Å². The van der Waals surface area contributed by atoms with Gasteiger partial charge in [-0.15, -0.1) is 0 Å². The van der Waals surface area contributed by atoms with Crippen molar-refractivity contribution < 1.29 is 34.2 Å². The first-order valence-electron chi connectivity index (χ1n) is 12.0. The van der Waals surface area contributed by atoms with Crippen LogP contribution < -0.4 is 33.8 Å². The normalized spacial score (nSPS) is 13.0. The number of nitrogens with zero attached hydrogens (tertiary/aromatic N) is 3. The molecule has 2 aromatic carbocycles. The summed E-state index contributed by atoms with van der Waals surface area (Å²) in [6.45, 7) is 10.0. The van der Waals surface area contributed by atoms with Crippen molar-refractivity contribution in [2.75, 3.05) is 22.9 Å². The third-order valence-corrected chi connectivity index (χ3v) is 6.97. The van der Waals surface area contributed by atoms with Gasteiger partial charge in [0.25, 0.3) is 9.40 Å². The van der Waals surface area contributed by atoms with E-state index in [0.29, 0.717) is 0 Å². The molecule has 3 rings (SSSR count). The molecule has 0 aliphatic carbocycles. The standard InChI is InChI=1S/C26H38N3O2S.HI/c1-5-7-9-15-28(16-10-8-6-2)21-11-13-23-25(17-21)32-26-18-22(12-14-24(26)27-23)29(19(3)30)20(4)31;/h11-14,17-20,30-31H,5-10,15-16H2,1-4H3;1H/q+1;/p-1. The smallest absolute Gasteiger partial charge is 0.259 e. The van der Waals surface area contributed by atoms with Crippen LogP contribution in [0.15, 0.2) is 36.4 Å². The van der Waals surface area contributed by atoms with Gasteiger partial charge < -0.3 is 44.0 Å². The Morgan fingerprint density at radius 1 is 0.788 bits per heavy atom. The summed E-state index contributed by atoms with van der Waals surface area (Å²) in [6.07, 6.45) is 5.87. The zero-order valence-electron chi connectivity index (χ0n) is 20.3. The largest absolute Gasteiger partial charge is 1.00 e. The van der Waals surface area contributed by atoms with Crippen molar-refractivity contribution in [1.29, 1.82) is 0 Å². The minimum absolute atomic E-state index is 0. The fraction of sp³-hybridized carbons (Fsp3) is 0.538. The van der Waals surface area contributed by atoms with Gasteiger partial charge in [-0.05, 0) is 51.0 Å². The van der Waals surface area contributed by atoms with Crippen LogP contribution in [0.4, 0.5) is 11.4 Å². The van der Waals surface area contributed by atoms with E-state index in [9.17, 15) is 10.2 Å². The van der Waals surface area contributed by atoms with Gasteiger partial charge in [-0.2, -0.15) is 0 Å². The third-order valence-electron chi connectivity index (χ3n) is 5.88. The lowest BCUT2D eigenvalue weighted by Gasteiger charge is -2.30. The number of anilines is 2. The summed E-state index contributed by atoms with van der Waals surface area (Å²) < 4.78 is 2.20. The maximum absolute atomic E-state index is 10.1. The summed E-state index contributed by atoms with van der Waals surface area (Å²) in [5.41, 5.74) is 3.99. The molecule has 2 unspecified atom stereocenters. The molecular formula is C26H38IN3O2S. The van der Waals surface area contributed by atoms with Crippen LogP contribution in [0.25, 0.3) is 20.4 Å². The van der Waals surface area contributed by atoms with Gasteiger partial charge in [-0.25, -0.2) is 4.98 Å². The van der Waals surface area contributed by atoms with E-state index in [1.54, 1.807) is 30.1 Å². The number of unbranched alkanes of at least 4 members (excludes halogenated alkanes) is 4. The first kappa shape index (κ1) is 28.0. The summed E-state index contributed by atoms with van der Waals surface area (Å²) in [5, 5.41) is 20.2. The van der Waals surface area contributed by atoms with Gasteiger partial charge >= 0.3 is 0 Å². The highest BCUT2D eigenvalue weighted by atomic mass is 127. The number of hydrogen-bond acceptors (Lipinski definition) is 5. The van der Waals surface area contributed by atoms with Crippen molar-refractivity contribution in [3.05, 3.63) is 36.4 Å². The van der Waals surface area contributed by atoms with Crippen LogP contribution in [0.2, 0.25) is 0 Å². The van der Waals surface area contributed by atoms with Crippen molar-refractivity contribution in [2.45, 2.75) is 78.7 Å². The number of fused-ring (bicyclic) bond motifs is 2. The third kappa shape index (κ3) is 7.34. The topological polar surface area (TPSA) is 59.8 Å². The fourth-order valence-electron chi connectivity index (χ4n) is 4.18. The van der Waals surface area contributed by atoms with Crippen LogP contribution in [0.5, 0.6) is 0 Å². The predicted molar refractivity (Wildman–Crippen MR) is 139 cm³/mol. The van der Waals surface area contributed by atoms with Gasteiger partial charge in [-0.1, -0.05) is 39.5 Å². The first-order valence-corrected chi connectivity index (χ1v) is 12.8. The van der Waals surface area contributed by atoms with Gasteiger partial charge in [-0.3, -0.25) is 0 Å². The van der Waals surface area contributed by atoms with E-state index >= 15 is 0 Å². The second kappa shape index (κ2) is 13.6. The molecule has 0 saturated heterocycles. The molecule has 0 aliphatic rings. The Hall–Kier alpha value is -1.29. The second-order valence-electron chi connectivity index (χ2n) is 8.59. The first-order chi connectivity index (χ1) is 15.4. The van der Waals surface area contributed by atoms with E-state index in [4.69, 9.17) is 4.98 Å². The molecule has 182 valence electrons. The van der Waals surface area contributed by atoms with E-state index in [1.807, 2.05) is 18.2 Å². The molecule has 3 aromatic rings. The minimum Gasteiger partial charge on any atom is -1.00 e. The predicted octanol–water partition coefficient (Wildman–Crippen LogP) is 3.40. The van der Waals surface area contributed by atoms with Crippen molar-refractivity contribution in [3.8, 4) is 0 Å². The monoisotopic (exact) mass is 583 g/mol. The van der Waals surface area contributed by atoms with Gasteiger partial charge in [0.15, 0.2) is 0 Å². The molecule has 33 heavy (non-hydrogen) atoms. The molecule has 2 N–H and O–H groups in total. The van der Waals surface area contributed by atoms with E-state index < -0.39 is 12.5 Å². The maximum atomic E-state index is 10.1. The van der Waals surface area contributed by atoms with Crippen molar-refractivity contribution in [3.63, 3.8) is 0 Å². The Morgan fingerprint density at radius 3 is 1.76 bits per heavy atom. The van der Waals surface area contributed by atoms with Gasteiger partial charge in [0.2, 0.25) is 11.3 Å². The number of hydrogen-bond donors (Lipinski definition) is 2. The highest BCUT2D eigenvalue weighted by molar-refractivity contribution is 7.24. The Balaban J connectivity index is 0.00000385. The lowest BCUT2D eigenvalue weighted by atomic mass is 10.2. The molecule has 2 atom stereocenters. The average Bonchev–Trinajstić information content (AvgIpc) is 2.76. The Morgan fingerprint density at radius 2 is 1.27 bits per heavy atom. The zero-order chi connectivity index (χ0) is 23.1. The Labute approximate surface area is 219 Å². The minimum atomic E-state index is -0.780. The number of aromatic nitrogens is 1. The van der Waals surface area contributed by atoms with Crippen LogP contribution in [0, 0.1) is 0 Å². The average molecular weight is 584 g/mol. The molecule has 5 nitrogen and oxygen atoms in total. The second-order valence-corrected chi connectivity index (χ2v) is 9.67. The SMILES string of the molecule is CCCCCN(CCCCC)c1ccc2nc3ccc(N(C(C)O)C(C)O)cc3[s+]c2c1.[I-]. The lowest BCUT2D eigenvalue weighted by Crippen LogP contribution is -3.00. The summed E-state index contributed by atoms with van der Waals surface area (Å²) >= 11 is 1.72. The quantitative estimate of drug-likeness (QED) is 0.113. The van der Waals surface area contributed by atoms with Crippen molar-refractivity contribution in [1.82, 2.24) is 4.98 Å². The zero-order valence-corrected chi connectivity index (χ0v) is 23.3. The lowest BCUT2D eigenvalue weighted by molar-refractivity contribution is -0.0000138. The summed E-state index contributed by atoms with van der Waals surface area (Å²) in [4.78, 5) is 8.99. The molecular weight excluding hydrogens is 545 g/mol. The van der Waals surface area contributed by atoms with Gasteiger partial charge in [0, 0.05) is 36.6 Å². The highest BCUT2D eigenvalue weighted by Gasteiger charge is 2.21. The Bertz CT molecular complexity index is 997. The van der Waals surface area contributed by atoms with E-state index in [-0.39, 0.29) is 24.0 Å². The molecule has 7 heteroatoms. The summed E-state index contributed by atoms with van der Waals surface area (Å²) in [7, 11) is 0. The highest BCUT2D eigenvalue weighted by Crippen LogP contribution is 2.32. The molecule has 0 saturated carbocycles. The molecule has 0 radical (unpaired) electrons. The Kier molecular flexibility index (Phi) is 11.5. The van der Waals surface area contributed by atoms with Crippen LogP contribution >= 0.6 is 11.3 Å². The summed E-state index contributed by atoms with van der Waals surface area (Å²) in [5.74, 6) is 0. The summed E-state index contributed by atoms with van der Waals surface area (Å²) in [6, 6.07) is 12.5. The van der Waals surface area contributed by atoms with Gasteiger partial charge in [0.1, 0.15) is 23.5 Å². The van der Waals surface area contributed by atoms with Crippen LogP contribution in [-0.4, -0.2) is 40.7 Å². The van der Waals surface area contributed by atoms with Crippen LogP contribution in [0.3, 0.4) is 0 Å². The van der Waals surface area contributed by atoms with Crippen molar-refractivity contribution in [2.24, 2.45) is 0 Å². The molecule has 0 spiro atoms. The number of aliphatic hydroxyl groups excluding tert-OH is 2. The molecule has 1 heterocycles. The molecule has 0 fully saturated rings. The molecule has 0 bridgehead atoms. The molecule has 1 aromatic heterocycles. The van der Waals surface area contributed by atoms with E-state index in [1.165, 1.54) is 44.2 Å². The van der Waals surface area contributed by atoms with Crippen molar-refractivity contribution >= 4 is 43.1 Å². The number of rotatable bonds is 12.